The molecule has 1 N–H and O–H groups in total. The molecular weight excluding hydrogens is 400 g/mol. The van der Waals surface area contributed by atoms with Gasteiger partial charge in [0.1, 0.15) is 18.0 Å². The van der Waals surface area contributed by atoms with Crippen LogP contribution in [0.5, 0.6) is 11.6 Å². The number of benzene rings is 2. The van der Waals surface area contributed by atoms with E-state index in [1.807, 2.05) is 42.5 Å². The van der Waals surface area contributed by atoms with Crippen molar-refractivity contribution in [1.29, 1.82) is 0 Å². The van der Waals surface area contributed by atoms with E-state index in [2.05, 4.69) is 10.3 Å². The normalized spacial score (nSPS) is 10.4. The third-order valence-electron chi connectivity index (χ3n) is 4.43. The van der Waals surface area contributed by atoms with E-state index in [1.165, 1.54) is 0 Å². The number of rotatable bonds is 11. The first-order valence-corrected chi connectivity index (χ1v) is 10.5. The van der Waals surface area contributed by atoms with Gasteiger partial charge in [0, 0.05) is 23.2 Å². The van der Waals surface area contributed by atoms with Crippen LogP contribution in [-0.2, 0) is 6.61 Å². The molecule has 3 rings (SSSR count). The van der Waals surface area contributed by atoms with Crippen LogP contribution in [-0.4, -0.2) is 23.4 Å². The van der Waals surface area contributed by atoms with Crippen LogP contribution >= 0.6 is 11.6 Å². The van der Waals surface area contributed by atoms with E-state index in [9.17, 15) is 4.79 Å². The Morgan fingerprint density at radius 3 is 2.53 bits per heavy atom. The van der Waals surface area contributed by atoms with E-state index >= 15 is 0 Å². The van der Waals surface area contributed by atoms with Crippen molar-refractivity contribution < 1.29 is 14.3 Å². The van der Waals surface area contributed by atoms with Crippen molar-refractivity contribution in [2.45, 2.75) is 25.9 Å². The number of ether oxygens (including phenoxy) is 2. The largest absolute Gasteiger partial charge is 0.493 e. The first-order valence-electron chi connectivity index (χ1n) is 9.99. The molecule has 6 heteroatoms. The lowest BCUT2D eigenvalue weighted by molar-refractivity contribution is 0.102. The summed E-state index contributed by atoms with van der Waals surface area (Å²) in [6.07, 6.45) is 4.62. The van der Waals surface area contributed by atoms with Crippen molar-refractivity contribution in [1.82, 2.24) is 4.98 Å². The van der Waals surface area contributed by atoms with Crippen LogP contribution in [0.3, 0.4) is 0 Å². The van der Waals surface area contributed by atoms with Gasteiger partial charge >= 0.3 is 0 Å². The van der Waals surface area contributed by atoms with Gasteiger partial charge in [-0.1, -0.05) is 36.4 Å². The lowest BCUT2D eigenvalue weighted by Crippen LogP contribution is -2.13. The number of aromatic nitrogens is 1. The fraction of sp³-hybridized carbons (Fsp3) is 0.250. The van der Waals surface area contributed by atoms with Gasteiger partial charge in [-0.2, -0.15) is 0 Å². The van der Waals surface area contributed by atoms with Crippen molar-refractivity contribution in [2.75, 3.05) is 17.8 Å². The number of nitrogens with one attached hydrogen (secondary N) is 1. The number of pyridine rings is 1. The molecule has 1 amide bonds. The van der Waals surface area contributed by atoms with E-state index in [1.54, 1.807) is 30.5 Å². The molecule has 0 aliphatic heterocycles. The molecule has 156 valence electrons. The summed E-state index contributed by atoms with van der Waals surface area (Å²) in [5.74, 6) is 1.61. The summed E-state index contributed by atoms with van der Waals surface area (Å²) in [6, 6.07) is 20.3. The zero-order chi connectivity index (χ0) is 21.0. The molecule has 2 aromatic carbocycles. The molecule has 0 fully saturated rings. The van der Waals surface area contributed by atoms with Crippen LogP contribution in [0.2, 0.25) is 0 Å². The van der Waals surface area contributed by atoms with Gasteiger partial charge in [-0.3, -0.25) is 4.79 Å². The van der Waals surface area contributed by atoms with Gasteiger partial charge < -0.3 is 14.8 Å². The lowest BCUT2D eigenvalue weighted by Gasteiger charge is -2.14. The third kappa shape index (κ3) is 6.49. The highest BCUT2D eigenvalue weighted by atomic mass is 35.5. The molecule has 30 heavy (non-hydrogen) atoms. The van der Waals surface area contributed by atoms with Gasteiger partial charge in [-0.05, 0) is 49.6 Å². The standard InChI is InChI=1S/C24H25ClN2O3/c25-15-7-2-8-17-29-22-14-6-5-12-20(22)18-30-24-21(13-9-16-26-24)27-23(28)19-10-3-1-4-11-19/h1,3-6,9-14,16H,2,7-8,15,17-18H2,(H,27,28). The number of anilines is 1. The second-order valence-corrected chi connectivity index (χ2v) is 7.05. The maximum atomic E-state index is 12.5. The van der Waals surface area contributed by atoms with Crippen molar-refractivity contribution >= 4 is 23.2 Å². The Morgan fingerprint density at radius 1 is 0.900 bits per heavy atom. The molecule has 0 unspecified atom stereocenters. The van der Waals surface area contributed by atoms with Crippen molar-refractivity contribution in [2.24, 2.45) is 0 Å². The summed E-state index contributed by atoms with van der Waals surface area (Å²) in [4.78, 5) is 16.7. The predicted octanol–water partition coefficient (Wildman–Crippen LogP) is 5.70. The fourth-order valence-corrected chi connectivity index (χ4v) is 3.04. The topological polar surface area (TPSA) is 60.5 Å². The Kier molecular flexibility index (Phi) is 8.54. The molecule has 0 atom stereocenters. The van der Waals surface area contributed by atoms with Gasteiger partial charge in [0.25, 0.3) is 5.91 Å². The predicted molar refractivity (Wildman–Crippen MR) is 119 cm³/mol. The highest BCUT2D eigenvalue weighted by molar-refractivity contribution is 6.17. The fourth-order valence-electron chi connectivity index (χ4n) is 2.85. The van der Waals surface area contributed by atoms with Crippen LogP contribution in [0.1, 0.15) is 35.2 Å². The number of carbonyl (C=O) groups is 1. The molecule has 5 nitrogen and oxygen atoms in total. The van der Waals surface area contributed by atoms with Gasteiger partial charge in [-0.15, -0.1) is 11.6 Å². The maximum absolute atomic E-state index is 12.5. The van der Waals surface area contributed by atoms with Gasteiger partial charge in [0.05, 0.1) is 6.61 Å². The number of unbranched alkanes of at least 4 members (excludes halogenated alkanes) is 2. The first-order chi connectivity index (χ1) is 14.8. The summed E-state index contributed by atoms with van der Waals surface area (Å²) in [7, 11) is 0. The summed E-state index contributed by atoms with van der Waals surface area (Å²) < 4.78 is 11.8. The van der Waals surface area contributed by atoms with Crippen molar-refractivity contribution in [3.63, 3.8) is 0 Å². The second kappa shape index (κ2) is 11.8. The minimum absolute atomic E-state index is 0.214. The van der Waals surface area contributed by atoms with Crippen LogP contribution in [0, 0.1) is 0 Å². The zero-order valence-corrected chi connectivity index (χ0v) is 17.5. The Labute approximate surface area is 182 Å². The molecule has 3 aromatic rings. The molecule has 0 radical (unpaired) electrons. The molecule has 0 aliphatic carbocycles. The van der Waals surface area contributed by atoms with E-state index < -0.39 is 0 Å². The quantitative estimate of drug-likeness (QED) is 0.317. The number of carbonyl (C=O) groups excluding carboxylic acids is 1. The number of hydrogen-bond acceptors (Lipinski definition) is 4. The smallest absolute Gasteiger partial charge is 0.255 e. The van der Waals surface area contributed by atoms with Crippen LogP contribution in [0.15, 0.2) is 72.9 Å². The van der Waals surface area contributed by atoms with Gasteiger partial charge in [0.2, 0.25) is 5.88 Å². The third-order valence-corrected chi connectivity index (χ3v) is 4.70. The second-order valence-electron chi connectivity index (χ2n) is 6.67. The minimum Gasteiger partial charge on any atom is -0.493 e. The van der Waals surface area contributed by atoms with Crippen LogP contribution in [0.4, 0.5) is 5.69 Å². The summed E-state index contributed by atoms with van der Waals surface area (Å²) >= 11 is 5.71. The molecule has 0 bridgehead atoms. The zero-order valence-electron chi connectivity index (χ0n) is 16.7. The SMILES string of the molecule is O=C(Nc1cccnc1OCc1ccccc1OCCCCCCl)c1ccccc1. The molecule has 0 spiro atoms. The average Bonchev–Trinajstić information content (AvgIpc) is 2.79. The summed E-state index contributed by atoms with van der Waals surface area (Å²) in [5.41, 5.74) is 2.01. The lowest BCUT2D eigenvalue weighted by atomic mass is 10.2. The van der Waals surface area contributed by atoms with Crippen LogP contribution in [0.25, 0.3) is 0 Å². The maximum Gasteiger partial charge on any atom is 0.255 e. The Morgan fingerprint density at radius 2 is 1.70 bits per heavy atom. The van der Waals surface area contributed by atoms with Gasteiger partial charge in [0.15, 0.2) is 0 Å². The number of hydrogen-bond donors (Lipinski definition) is 1. The van der Waals surface area contributed by atoms with E-state index in [0.29, 0.717) is 29.6 Å². The molecule has 0 aliphatic rings. The molecule has 0 saturated heterocycles. The monoisotopic (exact) mass is 424 g/mol. The highest BCUT2D eigenvalue weighted by Crippen LogP contribution is 2.25. The first kappa shape index (κ1) is 21.7. The molecule has 1 heterocycles. The van der Waals surface area contributed by atoms with Crippen molar-refractivity contribution in [3.05, 3.63) is 84.1 Å². The Bertz CT molecular complexity index is 934. The van der Waals surface area contributed by atoms with E-state index in [4.69, 9.17) is 21.1 Å². The molecule has 0 saturated carbocycles. The van der Waals surface area contributed by atoms with E-state index in [0.717, 1.165) is 30.6 Å². The number of para-hydroxylation sites is 1. The Balaban J connectivity index is 1.62. The highest BCUT2D eigenvalue weighted by Gasteiger charge is 2.12. The average molecular weight is 425 g/mol. The number of alkyl halides is 1. The summed E-state index contributed by atoms with van der Waals surface area (Å²) in [5, 5.41) is 2.86. The van der Waals surface area contributed by atoms with Gasteiger partial charge in [-0.25, -0.2) is 4.98 Å². The van der Waals surface area contributed by atoms with E-state index in [-0.39, 0.29) is 12.5 Å². The minimum atomic E-state index is -0.214. The number of nitrogens with zero attached hydrogens (tertiary/aromatic N) is 1. The van der Waals surface area contributed by atoms with Crippen LogP contribution < -0.4 is 14.8 Å². The number of amides is 1. The summed E-state index contributed by atoms with van der Waals surface area (Å²) in [6.45, 7) is 0.916. The Hall–Kier alpha value is -3.05. The number of halogens is 1. The molecule has 1 aromatic heterocycles. The van der Waals surface area contributed by atoms with Crippen molar-refractivity contribution in [3.8, 4) is 11.6 Å². The molecular formula is C24H25ClN2O3.